The van der Waals surface area contributed by atoms with Crippen LogP contribution in [0.2, 0.25) is 0 Å². The zero-order valence-electron chi connectivity index (χ0n) is 6.90. The van der Waals surface area contributed by atoms with Gasteiger partial charge in [-0.1, -0.05) is 23.4 Å². The number of oxime groups is 1. The Labute approximate surface area is 71.0 Å². The molecule has 0 radical (unpaired) electrons. The maximum atomic E-state index is 8.51. The molecule has 1 aliphatic carbocycles. The molecule has 0 aromatic carbocycles. The number of allylic oxidation sites excluding steroid dienone is 2. The molecule has 66 valence electrons. The first-order valence-corrected chi connectivity index (χ1v) is 3.63. The lowest BCUT2D eigenvalue weighted by molar-refractivity contribution is 0.0881. The van der Waals surface area contributed by atoms with Gasteiger partial charge >= 0.3 is 0 Å². The highest BCUT2D eigenvalue weighted by Crippen LogP contribution is 2.21. The van der Waals surface area contributed by atoms with E-state index in [4.69, 9.17) is 15.7 Å². The molecule has 3 N–H and O–H groups in total. The molecule has 0 amide bonds. The highest BCUT2D eigenvalue weighted by molar-refractivity contribution is 5.91. The zero-order chi connectivity index (χ0) is 9.03. The SMILES string of the molecule is COC1(C(N)=NO)C=CC=CC1. The Hall–Kier alpha value is -1.29. The van der Waals surface area contributed by atoms with Crippen molar-refractivity contribution in [3.8, 4) is 0 Å². The molecule has 0 heterocycles. The lowest BCUT2D eigenvalue weighted by Gasteiger charge is -2.27. The molecular weight excluding hydrogens is 156 g/mol. The summed E-state index contributed by atoms with van der Waals surface area (Å²) in [5.74, 6) is 0.0746. The predicted octanol–water partition coefficient (Wildman–Crippen LogP) is 0.634. The van der Waals surface area contributed by atoms with Gasteiger partial charge in [0.1, 0.15) is 5.60 Å². The summed E-state index contributed by atoms with van der Waals surface area (Å²) >= 11 is 0. The predicted molar refractivity (Wildman–Crippen MR) is 46.0 cm³/mol. The zero-order valence-corrected chi connectivity index (χ0v) is 6.90. The van der Waals surface area contributed by atoms with Crippen LogP contribution < -0.4 is 5.73 Å². The number of nitrogens with two attached hydrogens (primary N) is 1. The second-order valence-electron chi connectivity index (χ2n) is 2.57. The highest BCUT2D eigenvalue weighted by Gasteiger charge is 2.31. The summed E-state index contributed by atoms with van der Waals surface area (Å²) < 4.78 is 5.18. The van der Waals surface area contributed by atoms with Gasteiger partial charge in [0.2, 0.25) is 0 Å². The van der Waals surface area contributed by atoms with Crippen LogP contribution in [0.5, 0.6) is 0 Å². The van der Waals surface area contributed by atoms with Crippen LogP contribution in [0.1, 0.15) is 6.42 Å². The van der Waals surface area contributed by atoms with Crippen LogP contribution in [0, 0.1) is 0 Å². The Morgan fingerprint density at radius 2 is 2.42 bits per heavy atom. The van der Waals surface area contributed by atoms with Crippen molar-refractivity contribution in [2.75, 3.05) is 7.11 Å². The summed E-state index contributed by atoms with van der Waals surface area (Å²) in [4.78, 5) is 0. The molecular formula is C8H12N2O2. The van der Waals surface area contributed by atoms with Gasteiger partial charge in [-0.2, -0.15) is 0 Å². The van der Waals surface area contributed by atoms with E-state index in [1.165, 1.54) is 7.11 Å². The maximum absolute atomic E-state index is 8.51. The van der Waals surface area contributed by atoms with Gasteiger partial charge < -0.3 is 15.7 Å². The van der Waals surface area contributed by atoms with Gasteiger partial charge in [-0.15, -0.1) is 0 Å². The van der Waals surface area contributed by atoms with Crippen molar-refractivity contribution in [3.63, 3.8) is 0 Å². The first kappa shape index (κ1) is 8.80. The van der Waals surface area contributed by atoms with Crippen molar-refractivity contribution in [2.45, 2.75) is 12.0 Å². The molecule has 1 atom stereocenters. The standard InChI is InChI=1S/C8H12N2O2/c1-12-8(7(9)10-11)5-3-2-4-6-8/h2-5,11H,6H2,1H3,(H2,9,10). The van der Waals surface area contributed by atoms with E-state index in [-0.39, 0.29) is 5.84 Å². The summed E-state index contributed by atoms with van der Waals surface area (Å²) in [6.07, 6.45) is 7.96. The fraction of sp³-hybridized carbons (Fsp3) is 0.375. The monoisotopic (exact) mass is 168 g/mol. The number of rotatable bonds is 2. The van der Waals surface area contributed by atoms with Crippen LogP contribution in [0.15, 0.2) is 29.5 Å². The summed E-state index contributed by atoms with van der Waals surface area (Å²) in [7, 11) is 1.53. The second kappa shape index (κ2) is 3.40. The van der Waals surface area contributed by atoms with Gasteiger partial charge in [0.15, 0.2) is 5.84 Å². The molecule has 0 fully saturated rings. The summed E-state index contributed by atoms with van der Waals surface area (Å²) in [6.45, 7) is 0. The van der Waals surface area contributed by atoms with Crippen LogP contribution in [-0.2, 0) is 4.74 Å². The average Bonchev–Trinajstić information content (AvgIpc) is 2.17. The molecule has 1 unspecified atom stereocenters. The van der Waals surface area contributed by atoms with Crippen LogP contribution in [-0.4, -0.2) is 23.8 Å². The molecule has 1 rings (SSSR count). The number of nitrogens with zero attached hydrogens (tertiary/aromatic N) is 1. The van der Waals surface area contributed by atoms with Crippen molar-refractivity contribution >= 4 is 5.84 Å². The van der Waals surface area contributed by atoms with E-state index >= 15 is 0 Å². The van der Waals surface area contributed by atoms with Crippen molar-refractivity contribution in [1.82, 2.24) is 0 Å². The number of ether oxygens (including phenoxy) is 1. The third-order valence-electron chi connectivity index (χ3n) is 1.94. The number of hydrogen-bond donors (Lipinski definition) is 2. The molecule has 0 spiro atoms. The third-order valence-corrected chi connectivity index (χ3v) is 1.94. The van der Waals surface area contributed by atoms with Crippen LogP contribution >= 0.6 is 0 Å². The molecule has 0 saturated carbocycles. The highest BCUT2D eigenvalue weighted by atomic mass is 16.5. The molecule has 12 heavy (non-hydrogen) atoms. The normalized spacial score (nSPS) is 29.2. The minimum Gasteiger partial charge on any atom is -0.409 e. The van der Waals surface area contributed by atoms with Gasteiger partial charge in [-0.05, 0) is 6.08 Å². The van der Waals surface area contributed by atoms with E-state index in [1.54, 1.807) is 6.08 Å². The van der Waals surface area contributed by atoms with Crippen molar-refractivity contribution in [3.05, 3.63) is 24.3 Å². The molecule has 0 aromatic heterocycles. The third kappa shape index (κ3) is 1.33. The molecule has 0 aromatic rings. The Balaban J connectivity index is 2.91. The average molecular weight is 168 g/mol. The van der Waals surface area contributed by atoms with Crippen molar-refractivity contribution in [1.29, 1.82) is 0 Å². The Morgan fingerprint density at radius 3 is 2.83 bits per heavy atom. The van der Waals surface area contributed by atoms with Crippen LogP contribution in [0.4, 0.5) is 0 Å². The fourth-order valence-corrected chi connectivity index (χ4v) is 1.13. The van der Waals surface area contributed by atoms with Crippen molar-refractivity contribution in [2.24, 2.45) is 10.9 Å². The maximum Gasteiger partial charge on any atom is 0.175 e. The van der Waals surface area contributed by atoms with Crippen molar-refractivity contribution < 1.29 is 9.94 Å². The fourth-order valence-electron chi connectivity index (χ4n) is 1.13. The second-order valence-corrected chi connectivity index (χ2v) is 2.57. The summed E-state index contributed by atoms with van der Waals surface area (Å²) in [5, 5.41) is 11.4. The van der Waals surface area contributed by atoms with E-state index in [1.807, 2.05) is 18.2 Å². The molecule has 4 heteroatoms. The van der Waals surface area contributed by atoms with Gasteiger partial charge in [0, 0.05) is 13.5 Å². The number of hydrogen-bond acceptors (Lipinski definition) is 3. The van der Waals surface area contributed by atoms with Gasteiger partial charge in [0.25, 0.3) is 0 Å². The van der Waals surface area contributed by atoms with Gasteiger partial charge in [-0.3, -0.25) is 0 Å². The first-order valence-electron chi connectivity index (χ1n) is 3.63. The Bertz CT molecular complexity index is 245. The van der Waals surface area contributed by atoms with Crippen LogP contribution in [0.25, 0.3) is 0 Å². The Kier molecular flexibility index (Phi) is 2.50. The molecule has 1 aliphatic rings. The minimum absolute atomic E-state index is 0.0746. The minimum atomic E-state index is -0.760. The van der Waals surface area contributed by atoms with E-state index in [2.05, 4.69) is 5.16 Å². The summed E-state index contributed by atoms with van der Waals surface area (Å²) in [6, 6.07) is 0. The van der Waals surface area contributed by atoms with E-state index in [0.29, 0.717) is 6.42 Å². The van der Waals surface area contributed by atoms with E-state index in [9.17, 15) is 0 Å². The largest absolute Gasteiger partial charge is 0.409 e. The van der Waals surface area contributed by atoms with E-state index in [0.717, 1.165) is 0 Å². The quantitative estimate of drug-likeness (QED) is 0.275. The summed E-state index contributed by atoms with van der Waals surface area (Å²) in [5.41, 5.74) is 4.72. The van der Waals surface area contributed by atoms with Gasteiger partial charge in [-0.25, -0.2) is 0 Å². The molecule has 4 nitrogen and oxygen atoms in total. The number of amidine groups is 1. The molecule has 0 saturated heterocycles. The topological polar surface area (TPSA) is 67.8 Å². The lowest BCUT2D eigenvalue weighted by atomic mass is 9.94. The van der Waals surface area contributed by atoms with Crippen LogP contribution in [0.3, 0.4) is 0 Å². The molecule has 0 bridgehead atoms. The van der Waals surface area contributed by atoms with Gasteiger partial charge in [0.05, 0.1) is 0 Å². The smallest absolute Gasteiger partial charge is 0.175 e. The lowest BCUT2D eigenvalue weighted by Crippen LogP contribution is -2.44. The first-order chi connectivity index (χ1) is 5.75. The number of methoxy groups -OCH3 is 1. The van der Waals surface area contributed by atoms with E-state index < -0.39 is 5.60 Å². The molecule has 0 aliphatic heterocycles. The Morgan fingerprint density at radius 1 is 1.67 bits per heavy atom.